The monoisotopic (exact) mass is 361 g/mol. The Bertz CT molecular complexity index is 661. The van der Waals surface area contributed by atoms with Gasteiger partial charge in [-0.05, 0) is 23.3 Å². The first-order chi connectivity index (χ1) is 12.6. The van der Waals surface area contributed by atoms with Crippen LogP contribution in [0.15, 0.2) is 54.6 Å². The second-order valence-electron chi connectivity index (χ2n) is 5.60. The van der Waals surface area contributed by atoms with Crippen molar-refractivity contribution in [3.63, 3.8) is 0 Å². The number of alkyl carbamates (subject to hydrolysis) is 1. The fourth-order valence-corrected chi connectivity index (χ4v) is 2.22. The number of benzene rings is 2. The number of ether oxygens (including phenoxy) is 2. The molecular weight excluding hydrogens is 338 g/mol. The van der Waals surface area contributed by atoms with Crippen molar-refractivity contribution >= 4 is 6.09 Å². The number of amides is 1. The minimum Gasteiger partial charge on any atom is -0.491 e. The van der Waals surface area contributed by atoms with Crippen LogP contribution in [0.4, 0.5) is 4.79 Å². The van der Waals surface area contributed by atoms with Crippen LogP contribution in [0.5, 0.6) is 5.75 Å². The molecular formula is C19H23NO6. The van der Waals surface area contributed by atoms with Gasteiger partial charge < -0.3 is 30.1 Å². The highest BCUT2D eigenvalue weighted by Crippen LogP contribution is 2.20. The zero-order valence-corrected chi connectivity index (χ0v) is 14.2. The second-order valence-corrected chi connectivity index (χ2v) is 5.60. The molecule has 0 aliphatic rings. The summed E-state index contributed by atoms with van der Waals surface area (Å²) in [5.41, 5.74) is 1.33. The van der Waals surface area contributed by atoms with Crippen molar-refractivity contribution < 1.29 is 29.6 Å². The quantitative estimate of drug-likeness (QED) is 0.537. The van der Waals surface area contributed by atoms with E-state index in [0.29, 0.717) is 11.3 Å². The number of aliphatic hydroxyl groups excluding tert-OH is 3. The van der Waals surface area contributed by atoms with Crippen LogP contribution < -0.4 is 10.1 Å². The largest absolute Gasteiger partial charge is 0.491 e. The standard InChI is InChI=1S/C19H23NO6/c21-10-11-25-16-8-6-15(7-9-16)18(23)17(22)12-20-19(24)26-13-14-4-2-1-3-5-14/h1-9,17-18,21-23H,10-13H2,(H,20,24). The topological polar surface area (TPSA) is 108 Å². The molecule has 7 nitrogen and oxygen atoms in total. The third-order valence-corrected chi connectivity index (χ3v) is 3.61. The first-order valence-corrected chi connectivity index (χ1v) is 8.24. The van der Waals surface area contributed by atoms with E-state index in [1.165, 1.54) is 0 Å². The molecule has 140 valence electrons. The molecule has 0 saturated carbocycles. The van der Waals surface area contributed by atoms with Crippen molar-refractivity contribution in [2.75, 3.05) is 19.8 Å². The number of hydrogen-bond donors (Lipinski definition) is 4. The van der Waals surface area contributed by atoms with Crippen LogP contribution in [0.25, 0.3) is 0 Å². The molecule has 0 heterocycles. The molecule has 2 unspecified atom stereocenters. The molecule has 2 rings (SSSR count). The second kappa shape index (κ2) is 10.4. The van der Waals surface area contributed by atoms with Gasteiger partial charge in [0.15, 0.2) is 0 Å². The van der Waals surface area contributed by atoms with E-state index in [1.807, 2.05) is 30.3 Å². The normalized spacial score (nSPS) is 12.9. The molecule has 0 fully saturated rings. The van der Waals surface area contributed by atoms with Gasteiger partial charge in [-0.1, -0.05) is 42.5 Å². The Balaban J connectivity index is 1.75. The molecule has 0 aliphatic carbocycles. The van der Waals surface area contributed by atoms with Crippen molar-refractivity contribution in [1.29, 1.82) is 0 Å². The Labute approximate surface area is 151 Å². The van der Waals surface area contributed by atoms with Crippen LogP contribution in [-0.2, 0) is 11.3 Å². The third kappa shape index (κ3) is 6.36. The molecule has 0 bridgehead atoms. The highest BCUT2D eigenvalue weighted by atomic mass is 16.5. The average molecular weight is 361 g/mol. The number of hydrogen-bond acceptors (Lipinski definition) is 6. The van der Waals surface area contributed by atoms with E-state index in [0.717, 1.165) is 5.56 Å². The smallest absolute Gasteiger partial charge is 0.407 e. The van der Waals surface area contributed by atoms with Gasteiger partial charge in [0, 0.05) is 6.54 Å². The van der Waals surface area contributed by atoms with Crippen molar-refractivity contribution in [3.8, 4) is 5.75 Å². The molecule has 7 heteroatoms. The summed E-state index contributed by atoms with van der Waals surface area (Å²) in [6, 6.07) is 15.7. The lowest BCUT2D eigenvalue weighted by Crippen LogP contribution is -2.35. The van der Waals surface area contributed by atoms with Gasteiger partial charge >= 0.3 is 6.09 Å². The summed E-state index contributed by atoms with van der Waals surface area (Å²) in [5.74, 6) is 0.548. The molecule has 1 amide bonds. The third-order valence-electron chi connectivity index (χ3n) is 3.61. The summed E-state index contributed by atoms with van der Waals surface area (Å²) < 4.78 is 10.3. The Morgan fingerprint density at radius 1 is 1.04 bits per heavy atom. The van der Waals surface area contributed by atoms with Crippen molar-refractivity contribution in [2.24, 2.45) is 0 Å². The van der Waals surface area contributed by atoms with Crippen LogP contribution in [0.3, 0.4) is 0 Å². The van der Waals surface area contributed by atoms with Crippen LogP contribution in [0.1, 0.15) is 17.2 Å². The molecule has 2 aromatic carbocycles. The number of aliphatic hydroxyl groups is 3. The number of rotatable bonds is 9. The summed E-state index contributed by atoms with van der Waals surface area (Å²) in [4.78, 5) is 11.7. The van der Waals surface area contributed by atoms with Crippen LogP contribution >= 0.6 is 0 Å². The van der Waals surface area contributed by atoms with E-state index >= 15 is 0 Å². The number of nitrogens with one attached hydrogen (secondary N) is 1. The maximum atomic E-state index is 11.7. The minimum absolute atomic E-state index is 0.0882. The Morgan fingerprint density at radius 3 is 2.38 bits per heavy atom. The van der Waals surface area contributed by atoms with Crippen molar-refractivity contribution in [2.45, 2.75) is 18.8 Å². The number of carbonyl (C=O) groups excluding carboxylic acids is 1. The Kier molecular flexibility index (Phi) is 7.88. The zero-order chi connectivity index (χ0) is 18.8. The Morgan fingerprint density at radius 2 is 1.73 bits per heavy atom. The maximum Gasteiger partial charge on any atom is 0.407 e. The van der Waals surface area contributed by atoms with E-state index in [1.54, 1.807) is 24.3 Å². The molecule has 0 aromatic heterocycles. The lowest BCUT2D eigenvalue weighted by Gasteiger charge is -2.19. The molecule has 0 spiro atoms. The predicted molar refractivity (Wildman–Crippen MR) is 94.6 cm³/mol. The predicted octanol–water partition coefficient (Wildman–Crippen LogP) is 1.38. The summed E-state index contributed by atoms with van der Waals surface area (Å²) in [5, 5.41) is 31.3. The molecule has 2 atom stereocenters. The molecule has 4 N–H and O–H groups in total. The van der Waals surface area contributed by atoms with Crippen LogP contribution in [0.2, 0.25) is 0 Å². The maximum absolute atomic E-state index is 11.7. The zero-order valence-electron chi connectivity index (χ0n) is 14.2. The fraction of sp³-hybridized carbons (Fsp3) is 0.316. The summed E-state index contributed by atoms with van der Waals surface area (Å²) in [6.45, 7) is 0.0623. The highest BCUT2D eigenvalue weighted by Gasteiger charge is 2.19. The SMILES string of the molecule is O=C(NCC(O)C(O)c1ccc(OCCO)cc1)OCc1ccccc1. The minimum atomic E-state index is -1.19. The van der Waals surface area contributed by atoms with Gasteiger partial charge in [0.25, 0.3) is 0 Å². The Hall–Kier alpha value is -2.61. The van der Waals surface area contributed by atoms with Crippen molar-refractivity contribution in [3.05, 3.63) is 65.7 Å². The van der Waals surface area contributed by atoms with E-state index < -0.39 is 18.3 Å². The van der Waals surface area contributed by atoms with Gasteiger partial charge in [0.2, 0.25) is 0 Å². The van der Waals surface area contributed by atoms with Crippen molar-refractivity contribution in [1.82, 2.24) is 5.32 Å². The summed E-state index contributed by atoms with van der Waals surface area (Å²) >= 11 is 0. The fourth-order valence-electron chi connectivity index (χ4n) is 2.22. The molecule has 0 saturated heterocycles. The van der Waals surface area contributed by atoms with Gasteiger partial charge in [0.1, 0.15) is 31.2 Å². The summed E-state index contributed by atoms with van der Waals surface area (Å²) in [6.07, 6.45) is -3.03. The molecule has 26 heavy (non-hydrogen) atoms. The molecule has 0 aliphatic heterocycles. The summed E-state index contributed by atoms with van der Waals surface area (Å²) in [7, 11) is 0. The van der Waals surface area contributed by atoms with Crippen LogP contribution in [0, 0.1) is 0 Å². The van der Waals surface area contributed by atoms with E-state index in [9.17, 15) is 15.0 Å². The lowest BCUT2D eigenvalue weighted by atomic mass is 10.0. The van der Waals surface area contributed by atoms with Gasteiger partial charge in [-0.3, -0.25) is 0 Å². The van der Waals surface area contributed by atoms with Crippen LogP contribution in [-0.4, -0.2) is 47.3 Å². The lowest BCUT2D eigenvalue weighted by molar-refractivity contribution is 0.0184. The van der Waals surface area contributed by atoms with E-state index in [4.69, 9.17) is 14.6 Å². The first-order valence-electron chi connectivity index (χ1n) is 8.24. The molecule has 2 aromatic rings. The first kappa shape index (κ1) is 19.7. The van der Waals surface area contributed by atoms with E-state index in [2.05, 4.69) is 5.32 Å². The van der Waals surface area contributed by atoms with Gasteiger partial charge in [-0.2, -0.15) is 0 Å². The number of carbonyl (C=O) groups is 1. The van der Waals surface area contributed by atoms with Gasteiger partial charge in [0.05, 0.1) is 6.61 Å². The van der Waals surface area contributed by atoms with E-state index in [-0.39, 0.29) is 26.4 Å². The van der Waals surface area contributed by atoms with Gasteiger partial charge in [-0.25, -0.2) is 4.79 Å². The molecule has 0 radical (unpaired) electrons. The van der Waals surface area contributed by atoms with Gasteiger partial charge in [-0.15, -0.1) is 0 Å². The highest BCUT2D eigenvalue weighted by molar-refractivity contribution is 5.67. The average Bonchev–Trinajstić information content (AvgIpc) is 2.69.